The van der Waals surface area contributed by atoms with Gasteiger partial charge in [0.05, 0.1) is 7.11 Å². The molecule has 0 unspecified atom stereocenters. The first-order valence-corrected chi connectivity index (χ1v) is 9.81. The lowest BCUT2D eigenvalue weighted by atomic mass is 10.1. The molecule has 0 spiro atoms. The number of halogens is 2. The van der Waals surface area contributed by atoms with Gasteiger partial charge in [0.25, 0.3) is 10.0 Å². The molecule has 0 bridgehead atoms. The van der Waals surface area contributed by atoms with Gasteiger partial charge >= 0.3 is 0 Å². The summed E-state index contributed by atoms with van der Waals surface area (Å²) in [7, 11) is -1.11. The molecule has 9 heteroatoms. The van der Waals surface area contributed by atoms with Gasteiger partial charge in [0.1, 0.15) is 23.1 Å². The molecule has 0 fully saturated rings. The van der Waals surface area contributed by atoms with E-state index in [-0.39, 0.29) is 28.6 Å². The third-order valence-electron chi connectivity index (χ3n) is 4.14. The van der Waals surface area contributed by atoms with E-state index in [0.29, 0.717) is 17.3 Å². The third-order valence-corrected chi connectivity index (χ3v) is 5.71. The minimum Gasteiger partial charge on any atom is -0.494 e. The molecule has 0 amide bonds. The van der Waals surface area contributed by atoms with E-state index in [0.717, 1.165) is 10.0 Å². The van der Waals surface area contributed by atoms with E-state index in [1.807, 2.05) is 0 Å². The predicted octanol–water partition coefficient (Wildman–Crippen LogP) is 3.10. The Morgan fingerprint density at radius 3 is 2.57 bits per heavy atom. The largest absolute Gasteiger partial charge is 0.494 e. The average molecular weight is 407 g/mol. The van der Waals surface area contributed by atoms with Crippen molar-refractivity contribution in [1.82, 2.24) is 14.3 Å². The van der Waals surface area contributed by atoms with E-state index in [4.69, 9.17) is 4.74 Å². The summed E-state index contributed by atoms with van der Waals surface area (Å²) in [6.45, 7) is 1.95. The molecule has 0 aliphatic carbocycles. The number of hydrogen-bond acceptors (Lipinski definition) is 5. The van der Waals surface area contributed by atoms with Gasteiger partial charge < -0.3 is 10.1 Å². The second-order valence-corrected chi connectivity index (χ2v) is 7.87. The summed E-state index contributed by atoms with van der Waals surface area (Å²) in [4.78, 5) is 4.08. The third kappa shape index (κ3) is 3.50. The predicted molar refractivity (Wildman–Crippen MR) is 101 cm³/mol. The van der Waals surface area contributed by atoms with Gasteiger partial charge in [0.15, 0.2) is 5.03 Å². The van der Waals surface area contributed by atoms with Crippen LogP contribution in [-0.2, 0) is 16.6 Å². The van der Waals surface area contributed by atoms with Crippen LogP contribution in [0.4, 0.5) is 8.78 Å². The van der Waals surface area contributed by atoms with Crippen LogP contribution < -0.4 is 10.1 Å². The minimum absolute atomic E-state index is 0.0337. The fraction of sp³-hybridized carbons (Fsp3) is 0.211. The second kappa shape index (κ2) is 7.69. The zero-order valence-electron chi connectivity index (χ0n) is 15.5. The van der Waals surface area contributed by atoms with Gasteiger partial charge in [-0.2, -0.15) is 8.42 Å². The number of aromatic nitrogens is 2. The zero-order valence-corrected chi connectivity index (χ0v) is 16.3. The van der Waals surface area contributed by atoms with E-state index in [9.17, 15) is 17.2 Å². The lowest BCUT2D eigenvalue weighted by Crippen LogP contribution is -2.15. The van der Waals surface area contributed by atoms with Crippen molar-refractivity contribution in [1.29, 1.82) is 0 Å². The van der Waals surface area contributed by atoms with Gasteiger partial charge in [-0.3, -0.25) is 0 Å². The normalized spacial score (nSPS) is 11.6. The topological polar surface area (TPSA) is 73.2 Å². The van der Waals surface area contributed by atoms with Crippen molar-refractivity contribution in [2.24, 2.45) is 0 Å². The first-order chi connectivity index (χ1) is 13.3. The molecule has 148 valence electrons. The Morgan fingerprint density at radius 2 is 1.96 bits per heavy atom. The number of nitrogens with one attached hydrogen (secondary N) is 1. The Hall–Kier alpha value is -2.78. The maximum absolute atomic E-state index is 14.5. The summed E-state index contributed by atoms with van der Waals surface area (Å²) in [5, 5.41) is 2.73. The summed E-state index contributed by atoms with van der Waals surface area (Å²) < 4.78 is 60.8. The van der Waals surface area contributed by atoms with Gasteiger partial charge in [-0.05, 0) is 38.2 Å². The molecule has 0 radical (unpaired) electrons. The summed E-state index contributed by atoms with van der Waals surface area (Å²) in [5.74, 6) is -1.49. The smallest absolute Gasteiger partial charge is 0.285 e. The molecule has 2 heterocycles. The van der Waals surface area contributed by atoms with Crippen molar-refractivity contribution in [2.75, 3.05) is 14.2 Å². The molecule has 0 atom stereocenters. The number of nitrogens with zero attached hydrogens (tertiary/aromatic N) is 2. The molecule has 0 aliphatic heterocycles. The number of aryl methyl sites for hydroxylation is 1. The number of ether oxygens (including phenoxy) is 1. The van der Waals surface area contributed by atoms with Crippen LogP contribution >= 0.6 is 0 Å². The van der Waals surface area contributed by atoms with Crippen molar-refractivity contribution >= 4 is 10.0 Å². The Labute approximate surface area is 161 Å². The van der Waals surface area contributed by atoms with E-state index < -0.39 is 21.7 Å². The molecule has 1 N–H and O–H groups in total. The molecular formula is C19H19F2N3O3S. The van der Waals surface area contributed by atoms with Gasteiger partial charge in [-0.25, -0.2) is 17.7 Å². The van der Waals surface area contributed by atoms with Crippen molar-refractivity contribution in [3.63, 3.8) is 0 Å². The van der Waals surface area contributed by atoms with Crippen LogP contribution in [0.15, 0.2) is 47.6 Å². The molecule has 1 aromatic carbocycles. The van der Waals surface area contributed by atoms with E-state index in [2.05, 4.69) is 10.3 Å². The number of rotatable bonds is 6. The average Bonchev–Trinajstić information content (AvgIpc) is 3.01. The summed E-state index contributed by atoms with van der Waals surface area (Å²) in [6, 6.07) is 7.54. The van der Waals surface area contributed by atoms with Gasteiger partial charge in [0.2, 0.25) is 0 Å². The zero-order chi connectivity index (χ0) is 20.5. The molecule has 0 saturated heterocycles. The molecule has 0 aliphatic rings. The first-order valence-electron chi connectivity index (χ1n) is 8.37. The Balaban J connectivity index is 2.34. The van der Waals surface area contributed by atoms with Crippen molar-refractivity contribution < 1.29 is 21.9 Å². The minimum atomic E-state index is -4.16. The summed E-state index contributed by atoms with van der Waals surface area (Å²) >= 11 is 0. The first kappa shape index (κ1) is 20.0. The van der Waals surface area contributed by atoms with Crippen LogP contribution in [0.25, 0.3) is 11.3 Å². The number of benzene rings is 1. The van der Waals surface area contributed by atoms with Crippen LogP contribution in [0.2, 0.25) is 0 Å². The molecule has 3 rings (SSSR count). The SMILES string of the molecule is CNCc1cn(S(=O)(=O)c2cccc(C)n2)c(-c2ccc(F)cc2F)c1OC. The number of pyridine rings is 1. The molecule has 6 nitrogen and oxygen atoms in total. The van der Waals surface area contributed by atoms with Crippen LogP contribution in [-0.4, -0.2) is 31.5 Å². The van der Waals surface area contributed by atoms with Crippen LogP contribution in [0.5, 0.6) is 5.75 Å². The van der Waals surface area contributed by atoms with Gasteiger partial charge in [-0.1, -0.05) is 6.07 Å². The molecule has 28 heavy (non-hydrogen) atoms. The quantitative estimate of drug-likeness (QED) is 0.680. The number of methoxy groups -OCH3 is 1. The molecule has 3 aromatic rings. The van der Waals surface area contributed by atoms with Crippen molar-refractivity contribution in [2.45, 2.75) is 18.5 Å². The summed E-state index contributed by atoms with van der Waals surface area (Å²) in [5.41, 5.74) is 0.885. The monoisotopic (exact) mass is 407 g/mol. The number of hydrogen-bond donors (Lipinski definition) is 1. The molecular weight excluding hydrogens is 388 g/mol. The van der Waals surface area contributed by atoms with E-state index in [1.165, 1.54) is 25.4 Å². The second-order valence-electron chi connectivity index (χ2n) is 6.11. The molecule has 0 saturated carbocycles. The molecule has 2 aromatic heterocycles. The Kier molecular flexibility index (Phi) is 5.48. The van der Waals surface area contributed by atoms with Crippen LogP contribution in [0.1, 0.15) is 11.3 Å². The highest BCUT2D eigenvalue weighted by atomic mass is 32.2. The van der Waals surface area contributed by atoms with E-state index in [1.54, 1.807) is 26.1 Å². The highest BCUT2D eigenvalue weighted by Crippen LogP contribution is 2.38. The maximum atomic E-state index is 14.5. The van der Waals surface area contributed by atoms with E-state index >= 15 is 0 Å². The van der Waals surface area contributed by atoms with Crippen molar-refractivity contribution in [3.05, 3.63) is 65.5 Å². The van der Waals surface area contributed by atoms with Crippen LogP contribution in [0, 0.1) is 18.6 Å². The lowest BCUT2D eigenvalue weighted by molar-refractivity contribution is 0.411. The fourth-order valence-corrected chi connectivity index (χ4v) is 4.33. The highest BCUT2D eigenvalue weighted by Gasteiger charge is 2.29. The van der Waals surface area contributed by atoms with Crippen LogP contribution in [0.3, 0.4) is 0 Å². The fourth-order valence-electron chi connectivity index (χ4n) is 2.94. The van der Waals surface area contributed by atoms with Gasteiger partial charge in [0, 0.05) is 35.6 Å². The summed E-state index contributed by atoms with van der Waals surface area (Å²) in [6.07, 6.45) is 1.35. The Morgan fingerprint density at radius 1 is 1.21 bits per heavy atom. The Bertz CT molecular complexity index is 1130. The standard InChI is InChI=1S/C19H19F2N3O3S/c1-12-5-4-6-17(23-12)28(25,26)24-11-13(10-22-2)19(27-3)18(24)15-8-7-14(20)9-16(15)21/h4-9,11,22H,10H2,1-3H3. The lowest BCUT2D eigenvalue weighted by Gasteiger charge is -2.13. The van der Waals surface area contributed by atoms with Crippen molar-refractivity contribution in [3.8, 4) is 17.0 Å². The van der Waals surface area contributed by atoms with Gasteiger partial charge in [-0.15, -0.1) is 0 Å². The maximum Gasteiger partial charge on any atom is 0.285 e. The highest BCUT2D eigenvalue weighted by molar-refractivity contribution is 7.90.